The monoisotopic (exact) mass is 177 g/mol. The quantitative estimate of drug-likeness (QED) is 0.703. The van der Waals surface area contributed by atoms with Crippen LogP contribution in [0, 0.1) is 0 Å². The fourth-order valence-corrected chi connectivity index (χ4v) is 1.81. The molecule has 0 saturated carbocycles. The van der Waals surface area contributed by atoms with Gasteiger partial charge in [0, 0.05) is 19.3 Å². The van der Waals surface area contributed by atoms with Gasteiger partial charge in [-0.1, -0.05) is 18.2 Å². The van der Waals surface area contributed by atoms with Crippen LogP contribution in [0.25, 0.3) is 0 Å². The zero-order chi connectivity index (χ0) is 9.42. The van der Waals surface area contributed by atoms with E-state index in [-0.39, 0.29) is 5.92 Å². The Bertz CT molecular complexity index is 349. The van der Waals surface area contributed by atoms with E-state index >= 15 is 0 Å². The molecule has 1 unspecified atom stereocenters. The number of nitrogens with zero attached hydrogens (tertiary/aromatic N) is 1. The number of hydrogen-bond donors (Lipinski definition) is 1. The molecule has 3 heteroatoms. The number of aliphatic carboxylic acids is 1. The predicted molar refractivity (Wildman–Crippen MR) is 50.1 cm³/mol. The van der Waals surface area contributed by atoms with Gasteiger partial charge in [-0.15, -0.1) is 0 Å². The van der Waals surface area contributed by atoms with Crippen molar-refractivity contribution in [1.82, 2.24) is 0 Å². The minimum atomic E-state index is -0.739. The summed E-state index contributed by atoms with van der Waals surface area (Å²) in [5.74, 6) is -1.10. The largest absolute Gasteiger partial charge is 0.481 e. The van der Waals surface area contributed by atoms with Crippen LogP contribution in [0.3, 0.4) is 0 Å². The van der Waals surface area contributed by atoms with E-state index in [0.29, 0.717) is 6.54 Å². The molecule has 0 saturated heterocycles. The Hall–Kier alpha value is -1.51. The minimum Gasteiger partial charge on any atom is -0.481 e. The topological polar surface area (TPSA) is 40.5 Å². The van der Waals surface area contributed by atoms with Crippen molar-refractivity contribution >= 4 is 11.7 Å². The second kappa shape index (κ2) is 2.76. The first-order chi connectivity index (χ1) is 6.20. The van der Waals surface area contributed by atoms with Crippen LogP contribution in [0.4, 0.5) is 5.69 Å². The molecule has 0 amide bonds. The molecular formula is C10H11NO2. The van der Waals surface area contributed by atoms with E-state index in [1.54, 1.807) is 0 Å². The third-order valence-electron chi connectivity index (χ3n) is 2.48. The van der Waals surface area contributed by atoms with Crippen molar-refractivity contribution in [1.29, 1.82) is 0 Å². The third-order valence-corrected chi connectivity index (χ3v) is 2.48. The number of fused-ring (bicyclic) bond motifs is 1. The molecule has 1 aromatic carbocycles. The van der Waals surface area contributed by atoms with Crippen molar-refractivity contribution in [3.63, 3.8) is 0 Å². The Balaban J connectivity index is 2.47. The van der Waals surface area contributed by atoms with E-state index in [2.05, 4.69) is 0 Å². The Morgan fingerprint density at radius 2 is 2.23 bits per heavy atom. The summed E-state index contributed by atoms with van der Waals surface area (Å²) >= 11 is 0. The molecule has 0 spiro atoms. The molecule has 1 aliphatic heterocycles. The molecule has 1 aliphatic rings. The molecule has 1 aromatic rings. The second-order valence-electron chi connectivity index (χ2n) is 3.33. The Labute approximate surface area is 76.6 Å². The molecule has 0 radical (unpaired) electrons. The Morgan fingerprint density at radius 1 is 1.54 bits per heavy atom. The first-order valence-electron chi connectivity index (χ1n) is 4.23. The van der Waals surface area contributed by atoms with Crippen LogP contribution in [0.15, 0.2) is 24.3 Å². The fourth-order valence-electron chi connectivity index (χ4n) is 1.81. The molecule has 3 nitrogen and oxygen atoms in total. The number of likely N-dealkylation sites (N-methyl/N-ethyl adjacent to an activating group) is 1. The maximum Gasteiger partial charge on any atom is 0.312 e. The highest BCUT2D eigenvalue weighted by Crippen LogP contribution is 2.34. The van der Waals surface area contributed by atoms with Gasteiger partial charge in [-0.05, 0) is 11.6 Å². The highest BCUT2D eigenvalue weighted by atomic mass is 16.4. The SMILES string of the molecule is CN1CC(C(=O)O)c2ccccc21. The maximum atomic E-state index is 10.9. The van der Waals surface area contributed by atoms with Crippen molar-refractivity contribution in [2.75, 3.05) is 18.5 Å². The van der Waals surface area contributed by atoms with Gasteiger partial charge in [0.25, 0.3) is 0 Å². The van der Waals surface area contributed by atoms with Gasteiger partial charge in [-0.2, -0.15) is 0 Å². The van der Waals surface area contributed by atoms with E-state index in [1.807, 2.05) is 36.2 Å². The molecule has 1 atom stereocenters. The Morgan fingerprint density at radius 3 is 2.92 bits per heavy atom. The zero-order valence-electron chi connectivity index (χ0n) is 7.40. The molecule has 13 heavy (non-hydrogen) atoms. The Kier molecular flexibility index (Phi) is 1.72. The van der Waals surface area contributed by atoms with Crippen LogP contribution in [0.2, 0.25) is 0 Å². The van der Waals surface area contributed by atoms with E-state index in [9.17, 15) is 4.79 Å². The summed E-state index contributed by atoms with van der Waals surface area (Å²) in [6.45, 7) is 0.578. The van der Waals surface area contributed by atoms with Crippen LogP contribution in [-0.2, 0) is 4.79 Å². The summed E-state index contributed by atoms with van der Waals surface area (Å²) < 4.78 is 0. The lowest BCUT2D eigenvalue weighted by molar-refractivity contribution is -0.138. The van der Waals surface area contributed by atoms with Gasteiger partial charge in [0.05, 0.1) is 0 Å². The number of carbonyl (C=O) groups is 1. The average Bonchev–Trinajstić information content (AvgIpc) is 2.45. The summed E-state index contributed by atoms with van der Waals surface area (Å²) in [6, 6.07) is 7.66. The molecular weight excluding hydrogens is 166 g/mol. The standard InChI is InChI=1S/C10H11NO2/c1-11-6-8(10(12)13)7-4-2-3-5-9(7)11/h2-5,8H,6H2,1H3,(H,12,13). The molecule has 0 fully saturated rings. The number of carboxylic acid groups (broad SMARTS) is 1. The van der Waals surface area contributed by atoms with Gasteiger partial charge in [-0.3, -0.25) is 4.79 Å². The zero-order valence-corrected chi connectivity index (χ0v) is 7.40. The molecule has 68 valence electrons. The predicted octanol–water partition coefficient (Wildman–Crippen LogP) is 1.30. The van der Waals surface area contributed by atoms with E-state index in [4.69, 9.17) is 5.11 Å². The van der Waals surface area contributed by atoms with Crippen molar-refractivity contribution in [3.05, 3.63) is 29.8 Å². The summed E-state index contributed by atoms with van der Waals surface area (Å²) in [5.41, 5.74) is 1.97. The van der Waals surface area contributed by atoms with Gasteiger partial charge in [0.2, 0.25) is 0 Å². The number of hydrogen-bond acceptors (Lipinski definition) is 2. The highest BCUT2D eigenvalue weighted by Gasteiger charge is 2.30. The van der Waals surface area contributed by atoms with Crippen LogP contribution in [-0.4, -0.2) is 24.7 Å². The molecule has 2 rings (SSSR count). The highest BCUT2D eigenvalue weighted by molar-refractivity contribution is 5.82. The molecule has 1 heterocycles. The lowest BCUT2D eigenvalue weighted by Gasteiger charge is -2.10. The van der Waals surface area contributed by atoms with Crippen LogP contribution in [0.1, 0.15) is 11.5 Å². The van der Waals surface area contributed by atoms with Gasteiger partial charge in [-0.25, -0.2) is 0 Å². The molecule has 0 bridgehead atoms. The van der Waals surface area contributed by atoms with Gasteiger partial charge in [0.15, 0.2) is 0 Å². The number of rotatable bonds is 1. The molecule has 1 N–H and O–H groups in total. The number of anilines is 1. The third kappa shape index (κ3) is 1.16. The number of para-hydroxylation sites is 1. The van der Waals surface area contributed by atoms with Crippen LogP contribution >= 0.6 is 0 Å². The van der Waals surface area contributed by atoms with Gasteiger partial charge in [0.1, 0.15) is 5.92 Å². The normalized spacial score (nSPS) is 20.1. The lowest BCUT2D eigenvalue weighted by Crippen LogP contribution is -2.19. The van der Waals surface area contributed by atoms with Crippen LogP contribution in [0.5, 0.6) is 0 Å². The van der Waals surface area contributed by atoms with Crippen molar-refractivity contribution in [3.8, 4) is 0 Å². The second-order valence-corrected chi connectivity index (χ2v) is 3.33. The summed E-state index contributed by atoms with van der Waals surface area (Å²) in [6.07, 6.45) is 0. The summed E-state index contributed by atoms with van der Waals surface area (Å²) in [5, 5.41) is 8.95. The van der Waals surface area contributed by atoms with Crippen molar-refractivity contribution in [2.24, 2.45) is 0 Å². The smallest absolute Gasteiger partial charge is 0.312 e. The van der Waals surface area contributed by atoms with E-state index in [0.717, 1.165) is 11.3 Å². The average molecular weight is 177 g/mol. The van der Waals surface area contributed by atoms with Gasteiger partial charge >= 0.3 is 5.97 Å². The first-order valence-corrected chi connectivity index (χ1v) is 4.23. The fraction of sp³-hybridized carbons (Fsp3) is 0.300. The summed E-state index contributed by atoms with van der Waals surface area (Å²) in [7, 11) is 1.92. The number of benzene rings is 1. The summed E-state index contributed by atoms with van der Waals surface area (Å²) in [4.78, 5) is 12.9. The van der Waals surface area contributed by atoms with Crippen molar-refractivity contribution in [2.45, 2.75) is 5.92 Å². The lowest BCUT2D eigenvalue weighted by atomic mass is 10.0. The molecule has 0 aliphatic carbocycles. The first kappa shape index (κ1) is 8.10. The van der Waals surface area contributed by atoms with E-state index in [1.165, 1.54) is 0 Å². The van der Waals surface area contributed by atoms with E-state index < -0.39 is 5.97 Å². The van der Waals surface area contributed by atoms with Crippen LogP contribution < -0.4 is 4.90 Å². The molecule has 0 aromatic heterocycles. The number of carboxylic acids is 1. The minimum absolute atomic E-state index is 0.360. The van der Waals surface area contributed by atoms with Gasteiger partial charge < -0.3 is 10.0 Å². The maximum absolute atomic E-state index is 10.9. The van der Waals surface area contributed by atoms with Crippen molar-refractivity contribution < 1.29 is 9.90 Å².